The average Bonchev–Trinajstić information content (AvgIpc) is 2.71. The van der Waals surface area contributed by atoms with Crippen molar-refractivity contribution in [3.63, 3.8) is 0 Å². The lowest BCUT2D eigenvalue weighted by molar-refractivity contribution is -0.142. The van der Waals surface area contributed by atoms with E-state index in [0.29, 0.717) is 10.9 Å². The first kappa shape index (κ1) is 17.4. The fourth-order valence-corrected chi connectivity index (χ4v) is 2.75. The van der Waals surface area contributed by atoms with Gasteiger partial charge in [-0.2, -0.15) is 23.0 Å². The van der Waals surface area contributed by atoms with E-state index < -0.39 is 45.6 Å². The zero-order valence-electron chi connectivity index (χ0n) is 11.1. The molecule has 0 aromatic carbocycles. The number of nitrogens with one attached hydrogen (secondary N) is 1. The number of carboxylic acid groups (broad SMARTS) is 1. The van der Waals surface area contributed by atoms with Gasteiger partial charge in [0.1, 0.15) is 17.5 Å². The van der Waals surface area contributed by atoms with Crippen LogP contribution in [-0.2, 0) is 21.4 Å². The first-order valence-corrected chi connectivity index (χ1v) is 7.25. The fourth-order valence-electron chi connectivity index (χ4n) is 1.46. The van der Waals surface area contributed by atoms with E-state index in [2.05, 4.69) is 5.10 Å². The minimum absolute atomic E-state index is 0.416. The number of aliphatic carboxylic acids is 1. The van der Waals surface area contributed by atoms with Crippen molar-refractivity contribution in [1.82, 2.24) is 14.5 Å². The van der Waals surface area contributed by atoms with Crippen molar-refractivity contribution in [3.05, 3.63) is 12.4 Å². The minimum Gasteiger partial charge on any atom is -0.480 e. The van der Waals surface area contributed by atoms with Crippen LogP contribution in [0.1, 0.15) is 13.8 Å². The van der Waals surface area contributed by atoms with Gasteiger partial charge in [-0.3, -0.25) is 9.48 Å². The number of carboxylic acids is 1. The van der Waals surface area contributed by atoms with E-state index in [1.54, 1.807) is 0 Å². The van der Waals surface area contributed by atoms with Crippen LogP contribution in [0.2, 0.25) is 0 Å². The topological polar surface area (TPSA) is 101 Å². The predicted molar refractivity (Wildman–Crippen MR) is 64.9 cm³/mol. The molecule has 1 heterocycles. The maximum Gasteiger partial charge on any atom is 0.408 e. The number of rotatable bonds is 6. The lowest BCUT2D eigenvalue weighted by Gasteiger charge is -2.17. The number of nitrogens with zero attached hydrogens (tertiary/aromatic N) is 2. The van der Waals surface area contributed by atoms with Crippen LogP contribution in [-0.4, -0.2) is 41.5 Å². The number of aromatic nitrogens is 2. The molecule has 0 saturated carbocycles. The highest BCUT2D eigenvalue weighted by molar-refractivity contribution is 7.89. The molecule has 120 valence electrons. The molecule has 0 fully saturated rings. The number of halogens is 3. The number of sulfonamides is 1. The summed E-state index contributed by atoms with van der Waals surface area (Å²) in [6.07, 6.45) is -3.12. The average molecular weight is 329 g/mol. The van der Waals surface area contributed by atoms with E-state index in [1.807, 2.05) is 4.72 Å². The highest BCUT2D eigenvalue weighted by atomic mass is 32.2. The summed E-state index contributed by atoms with van der Waals surface area (Å²) < 4.78 is 62.7. The largest absolute Gasteiger partial charge is 0.480 e. The van der Waals surface area contributed by atoms with Crippen LogP contribution in [0.4, 0.5) is 13.2 Å². The molecule has 0 aliphatic carbocycles. The molecular formula is C10H14F3N3O4S. The van der Waals surface area contributed by atoms with Crippen LogP contribution >= 0.6 is 0 Å². The minimum atomic E-state index is -4.54. The third kappa shape index (κ3) is 5.01. The molecule has 1 rings (SSSR count). The lowest BCUT2D eigenvalue weighted by atomic mass is 10.1. The van der Waals surface area contributed by atoms with Crippen molar-refractivity contribution in [3.8, 4) is 0 Å². The summed E-state index contributed by atoms with van der Waals surface area (Å²) in [4.78, 5) is 10.4. The molecule has 11 heteroatoms. The van der Waals surface area contributed by atoms with Gasteiger partial charge < -0.3 is 5.11 Å². The molecule has 0 aliphatic rings. The summed E-state index contributed by atoms with van der Waals surface area (Å²) >= 11 is 0. The number of hydrogen-bond acceptors (Lipinski definition) is 4. The van der Waals surface area contributed by atoms with Crippen molar-refractivity contribution in [2.24, 2.45) is 5.92 Å². The highest BCUT2D eigenvalue weighted by Crippen LogP contribution is 2.18. The third-order valence-electron chi connectivity index (χ3n) is 2.48. The van der Waals surface area contributed by atoms with Gasteiger partial charge >= 0.3 is 12.1 Å². The Balaban J connectivity index is 2.96. The van der Waals surface area contributed by atoms with Crippen LogP contribution in [0, 0.1) is 5.92 Å². The fraction of sp³-hybridized carbons (Fsp3) is 0.600. The maximum absolute atomic E-state index is 12.2. The number of carbonyl (C=O) groups is 1. The second-order valence-corrected chi connectivity index (χ2v) is 6.38. The van der Waals surface area contributed by atoms with Crippen molar-refractivity contribution >= 4 is 16.0 Å². The van der Waals surface area contributed by atoms with Gasteiger partial charge in [-0.15, -0.1) is 0 Å². The molecule has 0 aliphatic heterocycles. The Bertz CT molecular complexity index is 609. The monoisotopic (exact) mass is 329 g/mol. The number of hydrogen-bond donors (Lipinski definition) is 2. The number of alkyl halides is 3. The normalized spacial score (nSPS) is 14.4. The third-order valence-corrected chi connectivity index (χ3v) is 3.87. The van der Waals surface area contributed by atoms with E-state index in [1.165, 1.54) is 13.8 Å². The molecule has 1 atom stereocenters. The molecule has 21 heavy (non-hydrogen) atoms. The van der Waals surface area contributed by atoms with Gasteiger partial charge in [0.2, 0.25) is 10.0 Å². The van der Waals surface area contributed by atoms with E-state index >= 15 is 0 Å². The maximum atomic E-state index is 12.2. The SMILES string of the molecule is CC(C)[C@@H](NS(=O)(=O)c1cnn(CC(F)(F)F)c1)C(=O)O. The molecule has 0 bridgehead atoms. The second kappa shape index (κ2) is 6.02. The molecule has 1 aromatic heterocycles. The summed E-state index contributed by atoms with van der Waals surface area (Å²) in [5.41, 5.74) is 0. The van der Waals surface area contributed by atoms with Gasteiger partial charge in [-0.05, 0) is 5.92 Å². The molecule has 1 aromatic rings. The van der Waals surface area contributed by atoms with E-state index in [4.69, 9.17) is 5.11 Å². The summed E-state index contributed by atoms with van der Waals surface area (Å²) in [6, 6.07) is -1.39. The summed E-state index contributed by atoms with van der Waals surface area (Å²) in [5.74, 6) is -1.92. The first-order chi connectivity index (χ1) is 9.42. The van der Waals surface area contributed by atoms with Crippen molar-refractivity contribution in [2.45, 2.75) is 37.5 Å². The molecular weight excluding hydrogens is 315 g/mol. The molecule has 7 nitrogen and oxygen atoms in total. The van der Waals surface area contributed by atoms with Crippen molar-refractivity contribution in [2.75, 3.05) is 0 Å². The zero-order valence-corrected chi connectivity index (χ0v) is 11.9. The highest BCUT2D eigenvalue weighted by Gasteiger charge is 2.31. The Morgan fingerprint density at radius 2 is 2.05 bits per heavy atom. The lowest BCUT2D eigenvalue weighted by Crippen LogP contribution is -2.44. The van der Waals surface area contributed by atoms with E-state index in [-0.39, 0.29) is 0 Å². The van der Waals surface area contributed by atoms with E-state index in [9.17, 15) is 26.4 Å². The second-order valence-electron chi connectivity index (χ2n) is 4.67. The summed E-state index contributed by atoms with van der Waals surface area (Å²) in [5, 5.41) is 12.2. The van der Waals surface area contributed by atoms with Crippen LogP contribution in [0.3, 0.4) is 0 Å². The molecule has 0 unspecified atom stereocenters. The van der Waals surface area contributed by atoms with Crippen molar-refractivity contribution < 1.29 is 31.5 Å². The van der Waals surface area contributed by atoms with Gasteiger partial charge in [0.15, 0.2) is 0 Å². The van der Waals surface area contributed by atoms with Crippen LogP contribution in [0.15, 0.2) is 17.3 Å². The van der Waals surface area contributed by atoms with Gasteiger partial charge in [0.05, 0.1) is 6.20 Å². The quantitative estimate of drug-likeness (QED) is 0.805. The van der Waals surface area contributed by atoms with Crippen LogP contribution in [0.5, 0.6) is 0 Å². The summed E-state index contributed by atoms with van der Waals surface area (Å²) in [6.45, 7) is 1.55. The molecule has 0 amide bonds. The molecule has 0 saturated heterocycles. The smallest absolute Gasteiger partial charge is 0.408 e. The van der Waals surface area contributed by atoms with Crippen molar-refractivity contribution in [1.29, 1.82) is 0 Å². The predicted octanol–water partition coefficient (Wildman–Crippen LogP) is 0.833. The van der Waals surface area contributed by atoms with Crippen LogP contribution in [0.25, 0.3) is 0 Å². The molecule has 2 N–H and O–H groups in total. The Kier molecular flexibility index (Phi) is 4.99. The van der Waals surface area contributed by atoms with Gasteiger partial charge in [-0.25, -0.2) is 8.42 Å². The zero-order chi connectivity index (χ0) is 16.4. The van der Waals surface area contributed by atoms with Crippen LogP contribution < -0.4 is 4.72 Å². The Morgan fingerprint density at radius 3 is 2.48 bits per heavy atom. The Hall–Kier alpha value is -1.62. The van der Waals surface area contributed by atoms with E-state index in [0.717, 1.165) is 6.20 Å². The Morgan fingerprint density at radius 1 is 1.48 bits per heavy atom. The standard InChI is InChI=1S/C10H14F3N3O4S/c1-6(2)8(9(17)18)15-21(19,20)7-3-14-16(4-7)5-10(11,12)13/h3-4,6,8,15H,5H2,1-2H3,(H,17,18)/t8-/m1/s1. The molecule has 0 spiro atoms. The Labute approximate surface area is 118 Å². The summed E-state index contributed by atoms with van der Waals surface area (Å²) in [7, 11) is -4.27. The van der Waals surface area contributed by atoms with Gasteiger partial charge in [-0.1, -0.05) is 13.8 Å². The molecule has 0 radical (unpaired) electrons. The first-order valence-electron chi connectivity index (χ1n) is 5.77. The van der Waals surface area contributed by atoms with Gasteiger partial charge in [0, 0.05) is 6.20 Å². The van der Waals surface area contributed by atoms with Gasteiger partial charge in [0.25, 0.3) is 0 Å².